The number of hydrogen-bond donors (Lipinski definition) is 1. The van der Waals surface area contributed by atoms with E-state index in [4.69, 9.17) is 4.74 Å². The summed E-state index contributed by atoms with van der Waals surface area (Å²) in [5.41, 5.74) is 0.0151. The molecule has 1 N–H and O–H groups in total. The summed E-state index contributed by atoms with van der Waals surface area (Å²) in [7, 11) is -1.49. The highest BCUT2D eigenvalue weighted by Gasteiger charge is 2.39. The number of sulfone groups is 1. The van der Waals surface area contributed by atoms with E-state index in [9.17, 15) is 12.8 Å². The highest BCUT2D eigenvalue weighted by molar-refractivity contribution is 7.91. The van der Waals surface area contributed by atoms with Gasteiger partial charge in [-0.15, -0.1) is 0 Å². The Morgan fingerprint density at radius 2 is 2.15 bits per heavy atom. The first kappa shape index (κ1) is 15.3. The van der Waals surface area contributed by atoms with Crippen molar-refractivity contribution in [3.05, 3.63) is 29.6 Å². The van der Waals surface area contributed by atoms with E-state index in [1.54, 1.807) is 12.1 Å². The number of rotatable bonds is 4. The molecule has 2 rings (SSSR count). The van der Waals surface area contributed by atoms with Gasteiger partial charge in [-0.05, 0) is 26.3 Å². The molecule has 0 radical (unpaired) electrons. The van der Waals surface area contributed by atoms with E-state index in [2.05, 4.69) is 5.32 Å². The zero-order valence-corrected chi connectivity index (χ0v) is 12.8. The monoisotopic (exact) mass is 301 g/mol. The van der Waals surface area contributed by atoms with Crippen LogP contribution in [-0.4, -0.2) is 32.6 Å². The number of benzene rings is 1. The summed E-state index contributed by atoms with van der Waals surface area (Å²) in [6, 6.07) is 4.43. The van der Waals surface area contributed by atoms with Crippen molar-refractivity contribution in [2.45, 2.75) is 31.8 Å². The number of halogens is 1. The van der Waals surface area contributed by atoms with Crippen molar-refractivity contribution in [3.8, 4) is 5.75 Å². The van der Waals surface area contributed by atoms with Gasteiger partial charge in [-0.2, -0.15) is 0 Å². The molecule has 0 aromatic heterocycles. The predicted octanol–water partition coefficient (Wildman–Crippen LogP) is 2.06. The van der Waals surface area contributed by atoms with Gasteiger partial charge in [-0.25, -0.2) is 12.8 Å². The van der Waals surface area contributed by atoms with Gasteiger partial charge >= 0.3 is 0 Å². The van der Waals surface area contributed by atoms with Crippen LogP contribution < -0.4 is 10.1 Å². The number of methoxy groups -OCH3 is 1. The van der Waals surface area contributed by atoms with Crippen LogP contribution in [0.5, 0.6) is 5.75 Å². The van der Waals surface area contributed by atoms with Crippen LogP contribution in [0.25, 0.3) is 0 Å². The van der Waals surface area contributed by atoms with E-state index in [-0.39, 0.29) is 23.4 Å². The SMILES string of the molecule is COc1ccc(C(C)NC2(C)CCS(=O)(=O)C2)c(F)c1. The minimum Gasteiger partial charge on any atom is -0.497 e. The first-order chi connectivity index (χ1) is 9.25. The molecule has 1 aliphatic heterocycles. The highest BCUT2D eigenvalue weighted by Crippen LogP contribution is 2.28. The summed E-state index contributed by atoms with van der Waals surface area (Å²) in [4.78, 5) is 0. The fraction of sp³-hybridized carbons (Fsp3) is 0.571. The topological polar surface area (TPSA) is 55.4 Å². The summed E-state index contributed by atoms with van der Waals surface area (Å²) in [5.74, 6) is 0.401. The van der Waals surface area contributed by atoms with Crippen molar-refractivity contribution in [3.63, 3.8) is 0 Å². The van der Waals surface area contributed by atoms with E-state index in [0.717, 1.165) is 0 Å². The average Bonchev–Trinajstić information content (AvgIpc) is 2.62. The second-order valence-electron chi connectivity index (χ2n) is 5.66. The number of nitrogens with one attached hydrogen (secondary N) is 1. The van der Waals surface area contributed by atoms with Gasteiger partial charge in [0, 0.05) is 23.2 Å². The Morgan fingerprint density at radius 1 is 1.45 bits per heavy atom. The van der Waals surface area contributed by atoms with Crippen molar-refractivity contribution in [2.75, 3.05) is 18.6 Å². The Labute approximate surface area is 119 Å². The number of ether oxygens (including phenoxy) is 1. The first-order valence-corrected chi connectivity index (χ1v) is 8.38. The lowest BCUT2D eigenvalue weighted by Crippen LogP contribution is -2.44. The lowest BCUT2D eigenvalue weighted by atomic mass is 9.98. The van der Waals surface area contributed by atoms with Gasteiger partial charge in [-0.3, -0.25) is 0 Å². The Bertz CT molecular complexity index is 602. The van der Waals surface area contributed by atoms with Crippen LogP contribution >= 0.6 is 0 Å². The summed E-state index contributed by atoms with van der Waals surface area (Å²) >= 11 is 0. The molecule has 2 atom stereocenters. The predicted molar refractivity (Wildman–Crippen MR) is 76.2 cm³/mol. The van der Waals surface area contributed by atoms with Gasteiger partial charge in [-0.1, -0.05) is 6.07 Å². The molecule has 1 saturated heterocycles. The minimum absolute atomic E-state index is 0.0993. The van der Waals surface area contributed by atoms with Crippen LogP contribution in [0.2, 0.25) is 0 Å². The van der Waals surface area contributed by atoms with Crippen molar-refractivity contribution >= 4 is 9.84 Å². The zero-order chi connectivity index (χ0) is 15.0. The summed E-state index contributed by atoms with van der Waals surface area (Å²) in [6.07, 6.45) is 0.553. The van der Waals surface area contributed by atoms with Crippen molar-refractivity contribution in [1.29, 1.82) is 0 Å². The normalized spacial score (nSPS) is 26.4. The Hall–Kier alpha value is -1.14. The van der Waals surface area contributed by atoms with Crippen LogP contribution in [-0.2, 0) is 9.84 Å². The third-order valence-electron chi connectivity index (χ3n) is 3.74. The fourth-order valence-corrected chi connectivity index (χ4v) is 4.82. The molecule has 2 unspecified atom stereocenters. The molecule has 1 aromatic carbocycles. The average molecular weight is 301 g/mol. The molecule has 1 heterocycles. The molecular formula is C14H20FNO3S. The van der Waals surface area contributed by atoms with Gasteiger partial charge in [0.15, 0.2) is 9.84 Å². The Kier molecular flexibility index (Phi) is 4.07. The van der Waals surface area contributed by atoms with Gasteiger partial charge in [0.05, 0.1) is 18.6 Å². The van der Waals surface area contributed by atoms with Crippen LogP contribution in [0.15, 0.2) is 18.2 Å². The number of hydrogen-bond acceptors (Lipinski definition) is 4. The maximum atomic E-state index is 14.0. The second-order valence-corrected chi connectivity index (χ2v) is 7.84. The molecule has 4 nitrogen and oxygen atoms in total. The van der Waals surface area contributed by atoms with Crippen molar-refractivity contribution < 1.29 is 17.5 Å². The molecule has 0 spiro atoms. The molecule has 0 amide bonds. The molecule has 6 heteroatoms. The molecule has 0 bridgehead atoms. The van der Waals surface area contributed by atoms with Gasteiger partial charge in [0.2, 0.25) is 0 Å². The van der Waals surface area contributed by atoms with Crippen LogP contribution in [0.3, 0.4) is 0 Å². The highest BCUT2D eigenvalue weighted by atomic mass is 32.2. The van der Waals surface area contributed by atoms with E-state index in [1.165, 1.54) is 13.2 Å². The Morgan fingerprint density at radius 3 is 2.65 bits per heavy atom. The molecular weight excluding hydrogens is 281 g/mol. The lowest BCUT2D eigenvalue weighted by Gasteiger charge is -2.29. The van der Waals surface area contributed by atoms with E-state index in [0.29, 0.717) is 17.7 Å². The Balaban J connectivity index is 2.14. The fourth-order valence-electron chi connectivity index (χ4n) is 2.71. The van der Waals surface area contributed by atoms with E-state index < -0.39 is 15.4 Å². The van der Waals surface area contributed by atoms with Gasteiger partial charge in [0.1, 0.15) is 11.6 Å². The summed E-state index contributed by atoms with van der Waals surface area (Å²) in [6.45, 7) is 3.70. The van der Waals surface area contributed by atoms with Gasteiger partial charge < -0.3 is 10.1 Å². The van der Waals surface area contributed by atoms with Crippen molar-refractivity contribution in [2.24, 2.45) is 0 Å². The van der Waals surface area contributed by atoms with Crippen LogP contribution in [0, 0.1) is 5.82 Å². The molecule has 0 aliphatic carbocycles. The van der Waals surface area contributed by atoms with Crippen molar-refractivity contribution in [1.82, 2.24) is 5.32 Å². The standard InChI is InChI=1S/C14H20FNO3S/c1-10(12-5-4-11(19-3)8-13(12)15)16-14(2)6-7-20(17,18)9-14/h4-5,8,10,16H,6-7,9H2,1-3H3. The zero-order valence-electron chi connectivity index (χ0n) is 11.9. The maximum Gasteiger partial charge on any atom is 0.152 e. The minimum atomic E-state index is -2.98. The first-order valence-electron chi connectivity index (χ1n) is 6.56. The lowest BCUT2D eigenvalue weighted by molar-refractivity contribution is 0.349. The van der Waals surface area contributed by atoms with Crippen LogP contribution in [0.4, 0.5) is 4.39 Å². The third kappa shape index (κ3) is 3.30. The maximum absolute atomic E-state index is 14.0. The smallest absolute Gasteiger partial charge is 0.152 e. The molecule has 1 aliphatic rings. The van der Waals surface area contributed by atoms with E-state index >= 15 is 0 Å². The van der Waals surface area contributed by atoms with Crippen LogP contribution in [0.1, 0.15) is 31.9 Å². The summed E-state index contributed by atoms with van der Waals surface area (Å²) < 4.78 is 42.1. The summed E-state index contributed by atoms with van der Waals surface area (Å²) in [5, 5.41) is 3.25. The largest absolute Gasteiger partial charge is 0.497 e. The quantitative estimate of drug-likeness (QED) is 0.925. The molecule has 112 valence electrons. The molecule has 0 saturated carbocycles. The third-order valence-corrected chi connectivity index (χ3v) is 5.65. The van der Waals surface area contributed by atoms with E-state index in [1.807, 2.05) is 13.8 Å². The molecule has 20 heavy (non-hydrogen) atoms. The van der Waals surface area contributed by atoms with Gasteiger partial charge in [0.25, 0.3) is 0 Å². The molecule has 1 aromatic rings. The second kappa shape index (κ2) is 5.33. The molecule has 1 fully saturated rings.